The van der Waals surface area contributed by atoms with E-state index in [9.17, 15) is 5.11 Å². The number of aliphatic hydroxyl groups excluding tert-OH is 1. The van der Waals surface area contributed by atoms with E-state index < -0.39 is 0 Å². The molecule has 0 amide bonds. The summed E-state index contributed by atoms with van der Waals surface area (Å²) in [6.45, 7) is 4.42. The Morgan fingerprint density at radius 3 is 2.50 bits per heavy atom. The zero-order valence-corrected chi connectivity index (χ0v) is 10.9. The second kappa shape index (κ2) is 9.00. The average molecular weight is 227 g/mol. The van der Waals surface area contributed by atoms with E-state index in [2.05, 4.69) is 12.2 Å². The predicted octanol–water partition coefficient (Wildman–Crippen LogP) is 3.10. The molecule has 1 saturated carbocycles. The maximum absolute atomic E-state index is 9.65. The summed E-state index contributed by atoms with van der Waals surface area (Å²) in [7, 11) is 0. The van der Waals surface area contributed by atoms with Gasteiger partial charge in [0.1, 0.15) is 0 Å². The maximum atomic E-state index is 9.65. The Labute approximate surface area is 101 Å². The van der Waals surface area contributed by atoms with Crippen LogP contribution in [0.2, 0.25) is 0 Å². The lowest BCUT2D eigenvalue weighted by molar-refractivity contribution is 0.131. The summed E-state index contributed by atoms with van der Waals surface area (Å²) in [4.78, 5) is 0. The van der Waals surface area contributed by atoms with E-state index in [1.807, 2.05) is 0 Å². The molecule has 1 aliphatic rings. The smallest absolute Gasteiger partial charge is 0.0580 e. The summed E-state index contributed by atoms with van der Waals surface area (Å²) in [5.74, 6) is 0.528. The normalized spacial score (nSPS) is 25.1. The topological polar surface area (TPSA) is 32.3 Å². The lowest BCUT2D eigenvalue weighted by Gasteiger charge is -2.14. The van der Waals surface area contributed by atoms with Crippen LogP contribution in [-0.4, -0.2) is 24.3 Å². The summed E-state index contributed by atoms with van der Waals surface area (Å²) in [5, 5.41) is 13.1. The molecule has 0 spiro atoms. The van der Waals surface area contributed by atoms with Crippen molar-refractivity contribution in [3.8, 4) is 0 Å². The van der Waals surface area contributed by atoms with E-state index in [1.165, 1.54) is 51.4 Å². The fourth-order valence-corrected chi connectivity index (χ4v) is 2.57. The molecule has 2 atom stereocenters. The van der Waals surface area contributed by atoms with E-state index in [-0.39, 0.29) is 6.10 Å². The maximum Gasteiger partial charge on any atom is 0.0580 e. The molecule has 2 heteroatoms. The second-order valence-corrected chi connectivity index (χ2v) is 5.23. The third-order valence-corrected chi connectivity index (χ3v) is 3.73. The highest BCUT2D eigenvalue weighted by Crippen LogP contribution is 2.24. The molecule has 0 aromatic heterocycles. The highest BCUT2D eigenvalue weighted by Gasteiger charge is 2.24. The highest BCUT2D eigenvalue weighted by molar-refractivity contribution is 4.77. The molecule has 0 saturated heterocycles. The largest absolute Gasteiger partial charge is 0.393 e. The van der Waals surface area contributed by atoms with Crippen molar-refractivity contribution < 1.29 is 5.11 Å². The zero-order chi connectivity index (χ0) is 11.6. The van der Waals surface area contributed by atoms with E-state index in [1.54, 1.807) is 0 Å². The molecule has 2 N–H and O–H groups in total. The van der Waals surface area contributed by atoms with Gasteiger partial charge in [-0.2, -0.15) is 0 Å². The van der Waals surface area contributed by atoms with Gasteiger partial charge in [-0.05, 0) is 31.7 Å². The fraction of sp³-hybridized carbons (Fsp3) is 1.00. The van der Waals surface area contributed by atoms with Gasteiger partial charge in [0.25, 0.3) is 0 Å². The average Bonchev–Trinajstić information content (AvgIpc) is 2.68. The molecule has 16 heavy (non-hydrogen) atoms. The van der Waals surface area contributed by atoms with Crippen LogP contribution in [0.1, 0.15) is 64.7 Å². The Bertz CT molecular complexity index is 161. The van der Waals surface area contributed by atoms with E-state index in [4.69, 9.17) is 0 Å². The predicted molar refractivity (Wildman–Crippen MR) is 69.6 cm³/mol. The summed E-state index contributed by atoms with van der Waals surface area (Å²) >= 11 is 0. The van der Waals surface area contributed by atoms with Crippen LogP contribution in [0.15, 0.2) is 0 Å². The van der Waals surface area contributed by atoms with Crippen LogP contribution in [0, 0.1) is 5.92 Å². The number of hydrogen-bond acceptors (Lipinski definition) is 2. The molecule has 0 aromatic rings. The number of rotatable bonds is 9. The molecular weight excluding hydrogens is 198 g/mol. The van der Waals surface area contributed by atoms with Crippen LogP contribution in [-0.2, 0) is 0 Å². The quantitative estimate of drug-likeness (QED) is 0.593. The Hall–Kier alpha value is -0.0800. The van der Waals surface area contributed by atoms with Gasteiger partial charge in [0.15, 0.2) is 0 Å². The molecule has 0 radical (unpaired) electrons. The van der Waals surface area contributed by atoms with Crippen LogP contribution in [0.3, 0.4) is 0 Å². The third-order valence-electron chi connectivity index (χ3n) is 3.73. The highest BCUT2D eigenvalue weighted by atomic mass is 16.3. The number of aliphatic hydroxyl groups is 1. The molecule has 0 bridgehead atoms. The van der Waals surface area contributed by atoms with Gasteiger partial charge in [0.05, 0.1) is 6.10 Å². The Balaban J connectivity index is 1.81. The van der Waals surface area contributed by atoms with Gasteiger partial charge >= 0.3 is 0 Å². The van der Waals surface area contributed by atoms with Gasteiger partial charge in [-0.3, -0.25) is 0 Å². The van der Waals surface area contributed by atoms with Crippen molar-refractivity contribution in [2.75, 3.05) is 13.1 Å². The second-order valence-electron chi connectivity index (χ2n) is 5.23. The standard InChI is InChI=1S/C14H29NO/c1-2-3-4-5-6-7-11-15-12-13-9-8-10-14(13)16/h13-16H,2-12H2,1H3. The zero-order valence-electron chi connectivity index (χ0n) is 10.9. The Morgan fingerprint density at radius 1 is 1.06 bits per heavy atom. The van der Waals surface area contributed by atoms with E-state index in [0.717, 1.165) is 19.5 Å². The number of nitrogens with one attached hydrogen (secondary N) is 1. The van der Waals surface area contributed by atoms with E-state index in [0.29, 0.717) is 5.92 Å². The minimum Gasteiger partial charge on any atom is -0.393 e. The lowest BCUT2D eigenvalue weighted by Crippen LogP contribution is -2.28. The summed E-state index contributed by atoms with van der Waals surface area (Å²) in [6, 6.07) is 0. The first-order valence-corrected chi connectivity index (χ1v) is 7.23. The molecule has 1 rings (SSSR count). The van der Waals surface area contributed by atoms with Crippen molar-refractivity contribution >= 4 is 0 Å². The Kier molecular flexibility index (Phi) is 7.87. The number of hydrogen-bond donors (Lipinski definition) is 2. The number of unbranched alkanes of at least 4 members (excludes halogenated alkanes) is 5. The first-order chi connectivity index (χ1) is 7.84. The summed E-state index contributed by atoms with van der Waals surface area (Å²) in [5.41, 5.74) is 0. The van der Waals surface area contributed by atoms with Crippen molar-refractivity contribution in [3.63, 3.8) is 0 Å². The third kappa shape index (κ3) is 5.86. The van der Waals surface area contributed by atoms with Gasteiger partial charge < -0.3 is 10.4 Å². The molecule has 0 aliphatic heterocycles. The minimum absolute atomic E-state index is 0.0305. The van der Waals surface area contributed by atoms with Crippen LogP contribution in [0.5, 0.6) is 0 Å². The van der Waals surface area contributed by atoms with Crippen LogP contribution < -0.4 is 5.32 Å². The first kappa shape index (κ1) is 14.0. The SMILES string of the molecule is CCCCCCCCNCC1CCCC1O. The van der Waals surface area contributed by atoms with Crippen molar-refractivity contribution in [2.45, 2.75) is 70.8 Å². The molecular formula is C14H29NO. The summed E-state index contributed by atoms with van der Waals surface area (Å²) < 4.78 is 0. The van der Waals surface area contributed by atoms with Gasteiger partial charge in [-0.1, -0.05) is 45.4 Å². The molecule has 2 unspecified atom stereocenters. The van der Waals surface area contributed by atoms with Gasteiger partial charge in [0.2, 0.25) is 0 Å². The summed E-state index contributed by atoms with van der Waals surface area (Å²) in [6.07, 6.45) is 11.6. The molecule has 1 aliphatic carbocycles. The monoisotopic (exact) mass is 227 g/mol. The van der Waals surface area contributed by atoms with Gasteiger partial charge in [-0.15, -0.1) is 0 Å². The van der Waals surface area contributed by atoms with Crippen LogP contribution in [0.25, 0.3) is 0 Å². The molecule has 96 valence electrons. The minimum atomic E-state index is -0.0305. The Morgan fingerprint density at radius 2 is 1.81 bits per heavy atom. The van der Waals surface area contributed by atoms with Crippen LogP contribution >= 0.6 is 0 Å². The van der Waals surface area contributed by atoms with Crippen molar-refractivity contribution in [2.24, 2.45) is 5.92 Å². The van der Waals surface area contributed by atoms with Crippen molar-refractivity contribution in [3.05, 3.63) is 0 Å². The van der Waals surface area contributed by atoms with Crippen LogP contribution in [0.4, 0.5) is 0 Å². The molecule has 0 heterocycles. The molecule has 0 aromatic carbocycles. The van der Waals surface area contributed by atoms with Crippen molar-refractivity contribution in [1.82, 2.24) is 5.32 Å². The van der Waals surface area contributed by atoms with E-state index >= 15 is 0 Å². The van der Waals surface area contributed by atoms with Gasteiger partial charge in [0, 0.05) is 6.54 Å². The lowest BCUT2D eigenvalue weighted by atomic mass is 10.1. The van der Waals surface area contributed by atoms with Crippen molar-refractivity contribution in [1.29, 1.82) is 0 Å². The van der Waals surface area contributed by atoms with Gasteiger partial charge in [-0.25, -0.2) is 0 Å². The molecule has 1 fully saturated rings. The molecule has 2 nitrogen and oxygen atoms in total. The fourth-order valence-electron chi connectivity index (χ4n) is 2.57. The first-order valence-electron chi connectivity index (χ1n) is 7.23.